The first-order valence-corrected chi connectivity index (χ1v) is 7.69. The van der Waals surface area contributed by atoms with Crippen molar-refractivity contribution in [1.29, 1.82) is 0 Å². The molecular weight excluding hydrogens is 256 g/mol. The van der Waals surface area contributed by atoms with Crippen LogP contribution in [0.25, 0.3) is 0 Å². The predicted octanol–water partition coefficient (Wildman–Crippen LogP) is 0.686. The highest BCUT2D eigenvalue weighted by molar-refractivity contribution is 5.95. The molecule has 6 nitrogen and oxygen atoms in total. The largest absolute Gasteiger partial charge is 0.338 e. The molecule has 0 spiro atoms. The molecule has 1 atom stereocenters. The van der Waals surface area contributed by atoms with Crippen molar-refractivity contribution in [2.24, 2.45) is 0 Å². The van der Waals surface area contributed by atoms with Gasteiger partial charge in [0.05, 0.1) is 6.54 Å². The fourth-order valence-electron chi connectivity index (χ4n) is 2.42. The Bertz CT molecular complexity index is 304. The number of rotatable bonds is 7. The van der Waals surface area contributed by atoms with Crippen molar-refractivity contribution in [3.63, 3.8) is 0 Å². The van der Waals surface area contributed by atoms with Gasteiger partial charge in [0.15, 0.2) is 0 Å². The Labute approximate surface area is 121 Å². The van der Waals surface area contributed by atoms with E-state index in [0.717, 1.165) is 45.3 Å². The van der Waals surface area contributed by atoms with Crippen molar-refractivity contribution in [3.05, 3.63) is 0 Å². The number of nitrogens with one attached hydrogen (secondary N) is 3. The average Bonchev–Trinajstić information content (AvgIpc) is 2.46. The Hall–Kier alpha value is -1.14. The number of imide groups is 1. The van der Waals surface area contributed by atoms with E-state index >= 15 is 0 Å². The van der Waals surface area contributed by atoms with Gasteiger partial charge in [-0.3, -0.25) is 15.0 Å². The molecular formula is C14H28N4O2. The van der Waals surface area contributed by atoms with Gasteiger partial charge in [0.25, 0.3) is 0 Å². The van der Waals surface area contributed by atoms with Gasteiger partial charge in [-0.1, -0.05) is 20.3 Å². The van der Waals surface area contributed by atoms with Gasteiger partial charge in [0.2, 0.25) is 5.91 Å². The monoisotopic (exact) mass is 284 g/mol. The zero-order chi connectivity index (χ0) is 14.8. The molecule has 0 aromatic rings. The number of hydrogen-bond acceptors (Lipinski definition) is 4. The number of likely N-dealkylation sites (N-methyl/N-ethyl adjacent to an activating group) is 1. The highest BCUT2D eigenvalue weighted by Crippen LogP contribution is 2.09. The summed E-state index contributed by atoms with van der Waals surface area (Å²) in [4.78, 5) is 25.5. The average molecular weight is 284 g/mol. The summed E-state index contributed by atoms with van der Waals surface area (Å²) in [6.07, 6.45) is 4.19. The number of piperidine rings is 1. The number of urea groups is 1. The van der Waals surface area contributed by atoms with E-state index in [1.165, 1.54) is 0 Å². The van der Waals surface area contributed by atoms with Gasteiger partial charge in [0.1, 0.15) is 0 Å². The predicted molar refractivity (Wildman–Crippen MR) is 79.6 cm³/mol. The van der Waals surface area contributed by atoms with Gasteiger partial charge in [-0.25, -0.2) is 4.79 Å². The number of carbonyl (C=O) groups excluding carboxylic acids is 2. The molecule has 1 fully saturated rings. The topological polar surface area (TPSA) is 73.5 Å². The summed E-state index contributed by atoms with van der Waals surface area (Å²) in [6, 6.07) is 0.00363. The van der Waals surface area contributed by atoms with Crippen LogP contribution in [0.3, 0.4) is 0 Å². The van der Waals surface area contributed by atoms with Crippen LogP contribution in [-0.4, -0.2) is 55.6 Å². The zero-order valence-electron chi connectivity index (χ0n) is 12.7. The third-order valence-electron chi connectivity index (χ3n) is 3.61. The van der Waals surface area contributed by atoms with Crippen LogP contribution >= 0.6 is 0 Å². The van der Waals surface area contributed by atoms with Crippen LogP contribution in [0.4, 0.5) is 4.79 Å². The minimum atomic E-state index is -0.388. The fraction of sp³-hybridized carbons (Fsp3) is 0.857. The molecule has 0 aromatic heterocycles. The van der Waals surface area contributed by atoms with Crippen LogP contribution in [0, 0.1) is 0 Å². The molecule has 1 aliphatic rings. The van der Waals surface area contributed by atoms with Crippen molar-refractivity contribution in [2.75, 3.05) is 32.7 Å². The number of nitrogens with zero attached hydrogens (tertiary/aromatic N) is 1. The van der Waals surface area contributed by atoms with Crippen molar-refractivity contribution in [1.82, 2.24) is 20.9 Å². The number of unbranched alkanes of at least 4 members (excludes halogenated alkanes) is 1. The maximum absolute atomic E-state index is 11.9. The standard InChI is InChI=1S/C14H28N4O2/c1-3-5-9-16-14(20)17-13(19)11-18(4-2)12-7-6-8-15-10-12/h12,15H,3-11H2,1-2H3,(H2,16,17,19,20). The second-order valence-corrected chi connectivity index (χ2v) is 5.22. The smallest absolute Gasteiger partial charge is 0.321 e. The summed E-state index contributed by atoms with van der Waals surface area (Å²) in [5.74, 6) is -0.230. The highest BCUT2D eigenvalue weighted by Gasteiger charge is 2.22. The lowest BCUT2D eigenvalue weighted by atomic mass is 10.1. The second-order valence-electron chi connectivity index (χ2n) is 5.22. The van der Waals surface area contributed by atoms with E-state index in [4.69, 9.17) is 0 Å². The molecule has 0 aromatic carbocycles. The van der Waals surface area contributed by atoms with Crippen molar-refractivity contribution in [2.45, 2.75) is 45.6 Å². The van der Waals surface area contributed by atoms with Crippen molar-refractivity contribution < 1.29 is 9.59 Å². The minimum Gasteiger partial charge on any atom is -0.338 e. The lowest BCUT2D eigenvalue weighted by Gasteiger charge is -2.33. The third-order valence-corrected chi connectivity index (χ3v) is 3.61. The molecule has 6 heteroatoms. The first-order chi connectivity index (χ1) is 9.67. The van der Waals surface area contributed by atoms with Crippen LogP contribution < -0.4 is 16.0 Å². The van der Waals surface area contributed by atoms with Gasteiger partial charge < -0.3 is 10.6 Å². The van der Waals surface area contributed by atoms with Crippen LogP contribution in [-0.2, 0) is 4.79 Å². The Kier molecular flexibility index (Phi) is 8.22. The van der Waals surface area contributed by atoms with E-state index in [0.29, 0.717) is 12.6 Å². The Morgan fingerprint density at radius 1 is 1.35 bits per heavy atom. The van der Waals surface area contributed by atoms with E-state index in [9.17, 15) is 9.59 Å². The van der Waals surface area contributed by atoms with E-state index in [-0.39, 0.29) is 18.5 Å². The van der Waals surface area contributed by atoms with Crippen LogP contribution in [0.1, 0.15) is 39.5 Å². The number of carbonyl (C=O) groups is 2. The lowest BCUT2D eigenvalue weighted by Crippen LogP contribution is -2.51. The van der Waals surface area contributed by atoms with Crippen molar-refractivity contribution >= 4 is 11.9 Å². The minimum absolute atomic E-state index is 0.230. The highest BCUT2D eigenvalue weighted by atomic mass is 16.2. The summed E-state index contributed by atoms with van der Waals surface area (Å²) in [6.45, 7) is 7.79. The molecule has 1 unspecified atom stereocenters. The van der Waals surface area contributed by atoms with Crippen molar-refractivity contribution in [3.8, 4) is 0 Å². The van der Waals surface area contributed by atoms with Crippen LogP contribution in [0.2, 0.25) is 0 Å². The van der Waals surface area contributed by atoms with E-state index in [1.54, 1.807) is 0 Å². The Morgan fingerprint density at radius 3 is 2.75 bits per heavy atom. The molecule has 0 aliphatic carbocycles. The molecule has 0 radical (unpaired) electrons. The second kappa shape index (κ2) is 9.72. The maximum Gasteiger partial charge on any atom is 0.321 e. The molecule has 0 bridgehead atoms. The fourth-order valence-corrected chi connectivity index (χ4v) is 2.42. The van der Waals surface area contributed by atoms with Gasteiger partial charge in [0, 0.05) is 19.1 Å². The Balaban J connectivity index is 2.29. The summed E-state index contributed by atoms with van der Waals surface area (Å²) in [5.41, 5.74) is 0. The van der Waals surface area contributed by atoms with Crippen LogP contribution in [0.5, 0.6) is 0 Å². The summed E-state index contributed by atoms with van der Waals surface area (Å²) < 4.78 is 0. The summed E-state index contributed by atoms with van der Waals surface area (Å²) in [7, 11) is 0. The van der Waals surface area contributed by atoms with Gasteiger partial charge in [-0.05, 0) is 32.4 Å². The first-order valence-electron chi connectivity index (χ1n) is 7.69. The zero-order valence-corrected chi connectivity index (χ0v) is 12.7. The molecule has 1 aliphatic heterocycles. The van der Waals surface area contributed by atoms with E-state index in [1.807, 2.05) is 6.92 Å². The van der Waals surface area contributed by atoms with E-state index in [2.05, 4.69) is 27.8 Å². The quantitative estimate of drug-likeness (QED) is 0.601. The molecule has 0 saturated carbocycles. The Morgan fingerprint density at radius 2 is 2.15 bits per heavy atom. The molecule has 1 saturated heterocycles. The normalized spacial score (nSPS) is 18.9. The first kappa shape index (κ1) is 16.9. The van der Waals surface area contributed by atoms with Crippen LogP contribution in [0.15, 0.2) is 0 Å². The molecule has 1 heterocycles. The SMILES string of the molecule is CCCCNC(=O)NC(=O)CN(CC)C1CCCNC1. The number of hydrogen-bond donors (Lipinski definition) is 3. The summed E-state index contributed by atoms with van der Waals surface area (Å²) in [5, 5.41) is 8.42. The van der Waals surface area contributed by atoms with Gasteiger partial charge in [-0.2, -0.15) is 0 Å². The molecule has 3 amide bonds. The number of amides is 3. The van der Waals surface area contributed by atoms with E-state index < -0.39 is 0 Å². The summed E-state index contributed by atoms with van der Waals surface area (Å²) >= 11 is 0. The molecule has 3 N–H and O–H groups in total. The molecule has 116 valence electrons. The maximum atomic E-state index is 11.9. The van der Waals surface area contributed by atoms with Gasteiger partial charge >= 0.3 is 6.03 Å². The third kappa shape index (κ3) is 6.34. The molecule has 20 heavy (non-hydrogen) atoms. The lowest BCUT2D eigenvalue weighted by molar-refractivity contribution is -0.121. The molecule has 1 rings (SSSR count). The van der Waals surface area contributed by atoms with Gasteiger partial charge in [-0.15, -0.1) is 0 Å².